The van der Waals surface area contributed by atoms with E-state index in [4.69, 9.17) is 4.98 Å². The van der Waals surface area contributed by atoms with Crippen LogP contribution in [-0.2, 0) is 18.1 Å². The molecular formula is C32H28F3N3. The van der Waals surface area contributed by atoms with E-state index in [1.807, 2.05) is 60.9 Å². The molecule has 192 valence electrons. The first kappa shape index (κ1) is 25.3. The Morgan fingerprint density at radius 1 is 0.658 bits per heavy atom. The van der Waals surface area contributed by atoms with Crippen LogP contribution in [0.3, 0.4) is 0 Å². The van der Waals surface area contributed by atoms with Crippen molar-refractivity contribution in [1.29, 1.82) is 0 Å². The van der Waals surface area contributed by atoms with Crippen LogP contribution in [0, 0.1) is 0 Å². The van der Waals surface area contributed by atoms with Crippen molar-refractivity contribution in [3.63, 3.8) is 0 Å². The molecule has 0 amide bonds. The van der Waals surface area contributed by atoms with Gasteiger partial charge in [-0.1, -0.05) is 97.1 Å². The van der Waals surface area contributed by atoms with Gasteiger partial charge in [-0.25, -0.2) is 4.98 Å². The second kappa shape index (κ2) is 11.0. The SMILES string of the molecule is FC(F)(F)c1cccc(NCCCc2cn(C(c3ccccc3)(c3ccccc3)c3ccccc3)cn2)c1. The number of anilines is 1. The highest BCUT2D eigenvalue weighted by Crippen LogP contribution is 2.40. The summed E-state index contributed by atoms with van der Waals surface area (Å²) >= 11 is 0. The monoisotopic (exact) mass is 511 g/mol. The molecule has 1 heterocycles. The van der Waals surface area contributed by atoms with E-state index in [1.54, 1.807) is 6.07 Å². The minimum absolute atomic E-state index is 0.460. The number of hydrogen-bond acceptors (Lipinski definition) is 2. The van der Waals surface area contributed by atoms with E-state index in [2.05, 4.69) is 52.5 Å². The van der Waals surface area contributed by atoms with E-state index in [1.165, 1.54) is 6.07 Å². The Hall–Kier alpha value is -4.32. The van der Waals surface area contributed by atoms with Crippen LogP contribution in [0.4, 0.5) is 18.9 Å². The minimum Gasteiger partial charge on any atom is -0.385 e. The van der Waals surface area contributed by atoms with Gasteiger partial charge in [-0.15, -0.1) is 0 Å². The predicted molar refractivity (Wildman–Crippen MR) is 145 cm³/mol. The van der Waals surface area contributed by atoms with Gasteiger partial charge in [0.25, 0.3) is 0 Å². The largest absolute Gasteiger partial charge is 0.416 e. The van der Waals surface area contributed by atoms with Gasteiger partial charge in [-0.3, -0.25) is 0 Å². The van der Waals surface area contributed by atoms with Crippen LogP contribution in [-0.4, -0.2) is 16.1 Å². The second-order valence-electron chi connectivity index (χ2n) is 9.19. The summed E-state index contributed by atoms with van der Waals surface area (Å²) < 4.78 is 41.2. The summed E-state index contributed by atoms with van der Waals surface area (Å²) in [6.45, 7) is 0.537. The Labute approximate surface area is 220 Å². The lowest BCUT2D eigenvalue weighted by molar-refractivity contribution is -0.137. The Morgan fingerprint density at radius 3 is 1.71 bits per heavy atom. The summed E-state index contributed by atoms with van der Waals surface area (Å²) in [5.74, 6) is 0. The number of aromatic nitrogens is 2. The van der Waals surface area contributed by atoms with Crippen molar-refractivity contribution in [3.8, 4) is 0 Å². The van der Waals surface area contributed by atoms with E-state index in [9.17, 15) is 13.2 Å². The third-order valence-corrected chi connectivity index (χ3v) is 6.73. The Balaban J connectivity index is 1.41. The molecule has 6 heteroatoms. The van der Waals surface area contributed by atoms with Crippen molar-refractivity contribution in [1.82, 2.24) is 9.55 Å². The van der Waals surface area contributed by atoms with Gasteiger partial charge >= 0.3 is 6.18 Å². The smallest absolute Gasteiger partial charge is 0.385 e. The number of nitrogens with zero attached hydrogens (tertiary/aromatic N) is 2. The predicted octanol–water partition coefficient (Wildman–Crippen LogP) is 7.79. The molecule has 0 bridgehead atoms. The van der Waals surface area contributed by atoms with Crippen molar-refractivity contribution in [3.05, 3.63) is 156 Å². The van der Waals surface area contributed by atoms with Crippen LogP contribution in [0.2, 0.25) is 0 Å². The molecule has 0 aliphatic rings. The third-order valence-electron chi connectivity index (χ3n) is 6.73. The molecule has 5 rings (SSSR count). The van der Waals surface area contributed by atoms with Gasteiger partial charge < -0.3 is 9.88 Å². The molecule has 0 spiro atoms. The molecule has 0 fully saturated rings. The minimum atomic E-state index is -4.35. The summed E-state index contributed by atoms with van der Waals surface area (Å²) in [4.78, 5) is 4.74. The Bertz CT molecular complexity index is 1350. The zero-order valence-electron chi connectivity index (χ0n) is 20.8. The molecule has 0 radical (unpaired) electrons. The number of benzene rings is 4. The van der Waals surface area contributed by atoms with Crippen molar-refractivity contribution >= 4 is 5.69 Å². The molecule has 1 N–H and O–H groups in total. The maximum absolute atomic E-state index is 13.0. The van der Waals surface area contributed by atoms with Crippen molar-refractivity contribution in [2.45, 2.75) is 24.6 Å². The van der Waals surface area contributed by atoms with E-state index in [0.717, 1.165) is 40.9 Å². The fourth-order valence-corrected chi connectivity index (χ4v) is 4.97. The lowest BCUT2D eigenvalue weighted by atomic mass is 9.77. The number of imidazole rings is 1. The highest BCUT2D eigenvalue weighted by Gasteiger charge is 2.38. The average molecular weight is 512 g/mol. The van der Waals surface area contributed by atoms with Gasteiger partial charge in [-0.05, 0) is 47.7 Å². The number of rotatable bonds is 9. The van der Waals surface area contributed by atoms with Gasteiger partial charge in [0.1, 0.15) is 5.54 Å². The average Bonchev–Trinajstić information content (AvgIpc) is 3.42. The molecule has 1 aromatic heterocycles. The number of nitrogens with one attached hydrogen (secondary N) is 1. The van der Waals surface area contributed by atoms with Crippen LogP contribution in [0.5, 0.6) is 0 Å². The van der Waals surface area contributed by atoms with Crippen LogP contribution < -0.4 is 5.32 Å². The van der Waals surface area contributed by atoms with Crippen LogP contribution >= 0.6 is 0 Å². The molecule has 0 unspecified atom stereocenters. The summed E-state index contributed by atoms with van der Waals surface area (Å²) in [6, 6.07) is 36.5. The van der Waals surface area contributed by atoms with E-state index in [-0.39, 0.29) is 0 Å². The van der Waals surface area contributed by atoms with Gasteiger partial charge in [0.05, 0.1) is 17.6 Å². The third kappa shape index (κ3) is 5.21. The number of aryl methyl sites for hydroxylation is 1. The molecule has 5 aromatic rings. The summed E-state index contributed by atoms with van der Waals surface area (Å²) in [5.41, 5.74) is 3.46. The molecule has 0 atom stereocenters. The number of halogens is 3. The molecule has 4 aromatic carbocycles. The molecule has 0 aliphatic heterocycles. The summed E-state index contributed by atoms with van der Waals surface area (Å²) in [7, 11) is 0. The normalized spacial score (nSPS) is 11.9. The second-order valence-corrected chi connectivity index (χ2v) is 9.19. The van der Waals surface area contributed by atoms with Crippen molar-refractivity contribution in [2.75, 3.05) is 11.9 Å². The quantitative estimate of drug-likeness (QED) is 0.162. The van der Waals surface area contributed by atoms with Crippen LogP contribution in [0.15, 0.2) is 128 Å². The Kier molecular flexibility index (Phi) is 7.31. The fraction of sp³-hybridized carbons (Fsp3) is 0.156. The van der Waals surface area contributed by atoms with E-state index in [0.29, 0.717) is 18.7 Å². The number of hydrogen-bond donors (Lipinski definition) is 1. The van der Waals surface area contributed by atoms with E-state index < -0.39 is 17.3 Å². The van der Waals surface area contributed by atoms with E-state index >= 15 is 0 Å². The highest BCUT2D eigenvalue weighted by molar-refractivity contribution is 5.51. The van der Waals surface area contributed by atoms with Crippen molar-refractivity contribution in [2.24, 2.45) is 0 Å². The molecule has 0 aliphatic carbocycles. The topological polar surface area (TPSA) is 29.9 Å². The molecule has 38 heavy (non-hydrogen) atoms. The molecule has 0 saturated carbocycles. The maximum Gasteiger partial charge on any atom is 0.416 e. The standard InChI is InChI=1S/C32H28F3N3/c33-32(34,35)28-18-10-19-29(22-28)36-21-11-20-30-23-38(24-37-30)31(25-12-4-1-5-13-25,26-14-6-2-7-15-26)27-16-8-3-9-17-27/h1-10,12-19,22-24,36H,11,20-21H2. The van der Waals surface area contributed by atoms with Gasteiger partial charge in [0, 0.05) is 18.4 Å². The zero-order chi connectivity index (χ0) is 26.4. The van der Waals surface area contributed by atoms with Gasteiger partial charge in [0.15, 0.2) is 0 Å². The maximum atomic E-state index is 13.0. The van der Waals surface area contributed by atoms with Gasteiger partial charge in [-0.2, -0.15) is 13.2 Å². The Morgan fingerprint density at radius 2 is 1.18 bits per heavy atom. The first-order chi connectivity index (χ1) is 18.5. The summed E-state index contributed by atoms with van der Waals surface area (Å²) in [5, 5.41) is 3.11. The first-order valence-electron chi connectivity index (χ1n) is 12.6. The van der Waals surface area contributed by atoms with Crippen LogP contribution in [0.1, 0.15) is 34.4 Å². The van der Waals surface area contributed by atoms with Gasteiger partial charge in [0.2, 0.25) is 0 Å². The van der Waals surface area contributed by atoms with Crippen LogP contribution in [0.25, 0.3) is 0 Å². The van der Waals surface area contributed by atoms with Crippen molar-refractivity contribution < 1.29 is 13.2 Å². The molecular weight excluding hydrogens is 483 g/mol. The first-order valence-corrected chi connectivity index (χ1v) is 12.6. The zero-order valence-corrected chi connectivity index (χ0v) is 20.8. The highest BCUT2D eigenvalue weighted by atomic mass is 19.4. The number of alkyl halides is 3. The lowest BCUT2D eigenvalue weighted by Crippen LogP contribution is -2.36. The summed E-state index contributed by atoms with van der Waals surface area (Å²) in [6.07, 6.45) is 1.02. The molecule has 3 nitrogen and oxygen atoms in total. The lowest BCUT2D eigenvalue weighted by Gasteiger charge is -2.37. The molecule has 0 saturated heterocycles. The fourth-order valence-electron chi connectivity index (χ4n) is 4.97.